The summed E-state index contributed by atoms with van der Waals surface area (Å²) in [4.78, 5) is 2.72. The summed E-state index contributed by atoms with van der Waals surface area (Å²) in [6.07, 6.45) is 1.21. The molecule has 0 aromatic heterocycles. The van der Waals surface area contributed by atoms with Crippen LogP contribution < -0.4 is 10.1 Å². The summed E-state index contributed by atoms with van der Waals surface area (Å²) in [5.74, 6) is 1.81. The van der Waals surface area contributed by atoms with Crippen molar-refractivity contribution < 1.29 is 9.47 Å². The van der Waals surface area contributed by atoms with Gasteiger partial charge in [0.15, 0.2) is 0 Å². The number of fused-ring (bicyclic) bond motifs is 2. The Balaban J connectivity index is 1.51. The summed E-state index contributed by atoms with van der Waals surface area (Å²) in [5.41, 5.74) is 3.96. The summed E-state index contributed by atoms with van der Waals surface area (Å²) in [6, 6.07) is 31.5. The number of para-hydroxylation sites is 1. The van der Waals surface area contributed by atoms with Crippen molar-refractivity contribution in [2.75, 3.05) is 27.4 Å². The molecule has 2 aliphatic heterocycles. The van der Waals surface area contributed by atoms with Crippen LogP contribution in [0.15, 0.2) is 84.9 Å². The van der Waals surface area contributed by atoms with Gasteiger partial charge >= 0.3 is 0 Å². The first-order valence-corrected chi connectivity index (χ1v) is 12.0. The number of nitrogens with one attached hydrogen (secondary N) is 1. The zero-order valence-corrected chi connectivity index (χ0v) is 19.6. The highest BCUT2D eigenvalue weighted by molar-refractivity contribution is 5.37. The Morgan fingerprint density at radius 1 is 0.879 bits per heavy atom. The van der Waals surface area contributed by atoms with Gasteiger partial charge in [-0.25, -0.2) is 0 Å². The zero-order valence-electron chi connectivity index (χ0n) is 19.6. The third-order valence-electron chi connectivity index (χ3n) is 7.57. The molecule has 2 bridgehead atoms. The minimum absolute atomic E-state index is 0.298. The standard InChI is InChI=1S/C29H34N2O2/c1-32-20-25-24-17-18-31(25)29(28(24)30-19-23-15-9-10-16-26(23)33-2)27(21-11-5-3-6-12-21)22-13-7-4-8-14-22/h3-16,24-25,27-30H,17-20H2,1-2H3. The van der Waals surface area contributed by atoms with E-state index in [1.165, 1.54) is 23.1 Å². The van der Waals surface area contributed by atoms with Crippen molar-refractivity contribution >= 4 is 0 Å². The van der Waals surface area contributed by atoms with Crippen LogP contribution in [0, 0.1) is 5.92 Å². The van der Waals surface area contributed by atoms with Crippen molar-refractivity contribution in [2.24, 2.45) is 5.92 Å². The lowest BCUT2D eigenvalue weighted by atomic mass is 9.78. The predicted octanol–water partition coefficient (Wildman–Crippen LogP) is 4.70. The number of hydrogen-bond donors (Lipinski definition) is 1. The van der Waals surface area contributed by atoms with Gasteiger partial charge in [0.25, 0.3) is 0 Å². The maximum Gasteiger partial charge on any atom is 0.123 e. The molecular formula is C29H34N2O2. The van der Waals surface area contributed by atoms with Crippen LogP contribution in [0.4, 0.5) is 0 Å². The van der Waals surface area contributed by atoms with Gasteiger partial charge in [0.1, 0.15) is 5.75 Å². The number of hydrogen-bond acceptors (Lipinski definition) is 4. The molecule has 0 amide bonds. The van der Waals surface area contributed by atoms with Gasteiger partial charge in [0.05, 0.1) is 13.7 Å². The van der Waals surface area contributed by atoms with E-state index in [1.807, 2.05) is 19.2 Å². The molecule has 0 spiro atoms. The van der Waals surface area contributed by atoms with Gasteiger partial charge < -0.3 is 14.8 Å². The molecule has 172 valence electrons. The summed E-state index contributed by atoms with van der Waals surface area (Å²) in [6.45, 7) is 2.71. The van der Waals surface area contributed by atoms with E-state index < -0.39 is 0 Å². The molecule has 3 aromatic rings. The van der Waals surface area contributed by atoms with Gasteiger partial charge in [-0.2, -0.15) is 0 Å². The van der Waals surface area contributed by atoms with E-state index in [9.17, 15) is 0 Å². The average molecular weight is 443 g/mol. The third kappa shape index (κ3) is 4.31. The third-order valence-corrected chi connectivity index (χ3v) is 7.57. The molecule has 0 aliphatic carbocycles. The molecule has 2 aliphatic rings. The highest BCUT2D eigenvalue weighted by atomic mass is 16.5. The van der Waals surface area contributed by atoms with E-state index in [0.717, 1.165) is 25.4 Å². The lowest BCUT2D eigenvalue weighted by Crippen LogP contribution is -2.51. The maximum absolute atomic E-state index is 5.70. The molecule has 2 heterocycles. The molecule has 5 atom stereocenters. The summed E-state index contributed by atoms with van der Waals surface area (Å²) in [5, 5.41) is 3.99. The lowest BCUT2D eigenvalue weighted by molar-refractivity contribution is 0.107. The summed E-state index contributed by atoms with van der Waals surface area (Å²) >= 11 is 0. The van der Waals surface area contributed by atoms with E-state index >= 15 is 0 Å². The molecule has 2 saturated heterocycles. The number of benzene rings is 3. The van der Waals surface area contributed by atoms with Gasteiger partial charge in [-0.15, -0.1) is 0 Å². The number of ether oxygens (including phenoxy) is 2. The number of rotatable bonds is 9. The number of piperidine rings is 1. The molecule has 2 fully saturated rings. The average Bonchev–Trinajstić information content (AvgIpc) is 3.40. The molecule has 5 rings (SSSR count). The molecule has 4 nitrogen and oxygen atoms in total. The van der Waals surface area contributed by atoms with Crippen molar-refractivity contribution in [3.8, 4) is 5.75 Å². The van der Waals surface area contributed by atoms with E-state index in [0.29, 0.717) is 30.0 Å². The number of methoxy groups -OCH3 is 2. The Morgan fingerprint density at radius 3 is 2.15 bits per heavy atom. The molecule has 33 heavy (non-hydrogen) atoms. The first-order chi connectivity index (χ1) is 16.3. The second-order valence-electron chi connectivity index (χ2n) is 9.22. The minimum atomic E-state index is 0.298. The van der Waals surface area contributed by atoms with Crippen LogP contribution in [0.3, 0.4) is 0 Å². The second-order valence-corrected chi connectivity index (χ2v) is 9.22. The van der Waals surface area contributed by atoms with E-state index in [-0.39, 0.29) is 0 Å². The molecule has 3 aromatic carbocycles. The Kier molecular flexibility index (Phi) is 6.77. The zero-order chi connectivity index (χ0) is 22.6. The first kappa shape index (κ1) is 22.1. The molecular weight excluding hydrogens is 408 g/mol. The Labute approximate surface area is 197 Å². The predicted molar refractivity (Wildman–Crippen MR) is 133 cm³/mol. The second kappa shape index (κ2) is 10.1. The summed E-state index contributed by atoms with van der Waals surface area (Å²) in [7, 11) is 3.58. The van der Waals surface area contributed by atoms with Gasteiger partial charge in [0, 0.05) is 43.3 Å². The van der Waals surface area contributed by atoms with Gasteiger partial charge in [-0.1, -0.05) is 78.9 Å². The molecule has 1 N–H and O–H groups in total. The van der Waals surface area contributed by atoms with Crippen molar-refractivity contribution in [3.05, 3.63) is 102 Å². The molecule has 0 saturated carbocycles. The fourth-order valence-corrected chi connectivity index (χ4v) is 6.20. The van der Waals surface area contributed by atoms with E-state index in [4.69, 9.17) is 9.47 Å². The molecule has 5 unspecified atom stereocenters. The van der Waals surface area contributed by atoms with E-state index in [2.05, 4.69) is 83.0 Å². The van der Waals surface area contributed by atoms with Crippen LogP contribution in [-0.4, -0.2) is 50.4 Å². The van der Waals surface area contributed by atoms with Crippen LogP contribution >= 0.6 is 0 Å². The monoisotopic (exact) mass is 442 g/mol. The Bertz CT molecular complexity index is 987. The quantitative estimate of drug-likeness (QED) is 0.521. The van der Waals surface area contributed by atoms with Crippen molar-refractivity contribution in [2.45, 2.75) is 37.0 Å². The fourth-order valence-electron chi connectivity index (χ4n) is 6.20. The van der Waals surface area contributed by atoms with Gasteiger partial charge in [-0.3, -0.25) is 4.90 Å². The highest BCUT2D eigenvalue weighted by Gasteiger charge is 2.55. The van der Waals surface area contributed by atoms with Crippen LogP contribution in [0.1, 0.15) is 29.0 Å². The SMILES string of the molecule is COCC1C2CCN1C(C(c1ccccc1)c1ccccc1)C2NCc1ccccc1OC. The number of nitrogens with zero attached hydrogens (tertiary/aromatic N) is 1. The minimum Gasteiger partial charge on any atom is -0.496 e. The molecule has 0 radical (unpaired) electrons. The van der Waals surface area contributed by atoms with Crippen LogP contribution in [0.25, 0.3) is 0 Å². The Hall–Kier alpha value is -2.66. The first-order valence-electron chi connectivity index (χ1n) is 12.0. The Morgan fingerprint density at radius 2 is 1.52 bits per heavy atom. The van der Waals surface area contributed by atoms with E-state index in [1.54, 1.807) is 7.11 Å². The van der Waals surface area contributed by atoms with Crippen molar-refractivity contribution in [1.82, 2.24) is 10.2 Å². The van der Waals surface area contributed by atoms with Crippen molar-refractivity contribution in [3.63, 3.8) is 0 Å². The van der Waals surface area contributed by atoms with Gasteiger partial charge in [-0.05, 0) is 36.1 Å². The normalized spacial score (nSPS) is 26.1. The topological polar surface area (TPSA) is 33.7 Å². The lowest BCUT2D eigenvalue weighted by Gasteiger charge is -2.39. The van der Waals surface area contributed by atoms with Crippen LogP contribution in [0.5, 0.6) is 5.75 Å². The maximum atomic E-state index is 5.70. The van der Waals surface area contributed by atoms with Gasteiger partial charge in [0.2, 0.25) is 0 Å². The van der Waals surface area contributed by atoms with Crippen LogP contribution in [0.2, 0.25) is 0 Å². The molecule has 4 heteroatoms. The van der Waals surface area contributed by atoms with Crippen LogP contribution in [-0.2, 0) is 11.3 Å². The summed E-state index contributed by atoms with van der Waals surface area (Å²) < 4.78 is 11.3. The van der Waals surface area contributed by atoms with Crippen molar-refractivity contribution in [1.29, 1.82) is 0 Å². The fraction of sp³-hybridized carbons (Fsp3) is 0.379. The smallest absolute Gasteiger partial charge is 0.123 e. The highest BCUT2D eigenvalue weighted by Crippen LogP contribution is 2.47. The largest absolute Gasteiger partial charge is 0.496 e.